The maximum absolute atomic E-state index is 12.4. The van der Waals surface area contributed by atoms with Crippen LogP contribution in [-0.2, 0) is 0 Å². The second-order valence-electron chi connectivity index (χ2n) is 6.07. The van der Waals surface area contributed by atoms with Gasteiger partial charge in [-0.2, -0.15) is 5.10 Å². The number of hydrogen-bond acceptors (Lipinski definition) is 7. The summed E-state index contributed by atoms with van der Waals surface area (Å²) < 4.78 is 15.9. The average Bonchev–Trinajstić information content (AvgIpc) is 2.79. The fraction of sp³-hybridized carbons (Fsp3) is 0.182. The van der Waals surface area contributed by atoms with E-state index in [-0.39, 0.29) is 5.82 Å². The van der Waals surface area contributed by atoms with E-state index in [0.29, 0.717) is 29.4 Å². The number of benzene rings is 2. The van der Waals surface area contributed by atoms with E-state index in [1.807, 2.05) is 31.2 Å². The molecule has 0 fully saturated rings. The minimum Gasteiger partial charge on any atom is -0.497 e. The molecule has 154 valence electrons. The van der Waals surface area contributed by atoms with Crippen LogP contribution in [0.1, 0.15) is 23.1 Å². The van der Waals surface area contributed by atoms with Crippen LogP contribution in [0.2, 0.25) is 0 Å². The molecule has 8 heteroatoms. The molecule has 1 heterocycles. The number of hydrogen-bond donors (Lipinski definition) is 1. The smallest absolute Gasteiger partial charge is 0.309 e. The molecule has 1 amide bonds. The lowest BCUT2D eigenvalue weighted by atomic mass is 10.1. The van der Waals surface area contributed by atoms with Gasteiger partial charge in [-0.25, -0.2) is 15.4 Å². The van der Waals surface area contributed by atoms with Crippen LogP contribution in [0.15, 0.2) is 59.8 Å². The molecule has 0 bridgehead atoms. The molecule has 0 atom stereocenters. The Balaban J connectivity index is 1.70. The Hall–Kier alpha value is -3.94. The van der Waals surface area contributed by atoms with E-state index in [2.05, 4.69) is 20.5 Å². The molecule has 0 saturated heterocycles. The Labute approximate surface area is 174 Å². The SMILES string of the molecule is CCOc1ccc(-c2ccnc(C(=O)N/N=C/c3cc(OC)cc(OC)c3)n2)cc1. The predicted octanol–water partition coefficient (Wildman–Crippen LogP) is 3.32. The number of methoxy groups -OCH3 is 2. The number of nitrogens with one attached hydrogen (secondary N) is 1. The first-order chi connectivity index (χ1) is 14.6. The lowest BCUT2D eigenvalue weighted by molar-refractivity contribution is 0.0945. The van der Waals surface area contributed by atoms with E-state index >= 15 is 0 Å². The van der Waals surface area contributed by atoms with E-state index in [0.717, 1.165) is 11.3 Å². The van der Waals surface area contributed by atoms with Crippen molar-refractivity contribution >= 4 is 12.1 Å². The highest BCUT2D eigenvalue weighted by molar-refractivity contribution is 5.92. The summed E-state index contributed by atoms with van der Waals surface area (Å²) in [5, 5.41) is 3.97. The number of carbonyl (C=O) groups is 1. The van der Waals surface area contributed by atoms with Gasteiger partial charge in [0, 0.05) is 23.4 Å². The molecule has 1 aromatic heterocycles. The highest BCUT2D eigenvalue weighted by Crippen LogP contribution is 2.22. The number of aromatic nitrogens is 2. The van der Waals surface area contributed by atoms with Crippen LogP contribution in [0.5, 0.6) is 17.2 Å². The van der Waals surface area contributed by atoms with Gasteiger partial charge in [-0.1, -0.05) is 0 Å². The van der Waals surface area contributed by atoms with E-state index in [4.69, 9.17) is 14.2 Å². The summed E-state index contributed by atoms with van der Waals surface area (Å²) in [5.74, 6) is 1.51. The Morgan fingerprint density at radius 2 is 1.73 bits per heavy atom. The van der Waals surface area contributed by atoms with E-state index < -0.39 is 5.91 Å². The van der Waals surface area contributed by atoms with Crippen molar-refractivity contribution in [3.8, 4) is 28.5 Å². The van der Waals surface area contributed by atoms with Gasteiger partial charge in [0.1, 0.15) is 17.2 Å². The number of ether oxygens (including phenoxy) is 3. The first-order valence-corrected chi connectivity index (χ1v) is 9.25. The second-order valence-corrected chi connectivity index (χ2v) is 6.07. The van der Waals surface area contributed by atoms with Crippen LogP contribution >= 0.6 is 0 Å². The number of carbonyl (C=O) groups excluding carboxylic acids is 1. The zero-order valence-corrected chi connectivity index (χ0v) is 17.0. The minimum absolute atomic E-state index is 0.0155. The number of hydrazone groups is 1. The maximum atomic E-state index is 12.4. The molecular weight excluding hydrogens is 384 g/mol. The van der Waals surface area contributed by atoms with Crippen LogP contribution < -0.4 is 19.6 Å². The van der Waals surface area contributed by atoms with Gasteiger partial charge in [-0.3, -0.25) is 4.79 Å². The summed E-state index contributed by atoms with van der Waals surface area (Å²) in [7, 11) is 3.12. The molecule has 0 saturated carbocycles. The third kappa shape index (κ3) is 5.32. The van der Waals surface area contributed by atoms with Crippen LogP contribution in [0.4, 0.5) is 0 Å². The van der Waals surface area contributed by atoms with Crippen molar-refractivity contribution in [1.82, 2.24) is 15.4 Å². The Bertz CT molecular complexity index is 1010. The molecule has 0 unspecified atom stereocenters. The lowest BCUT2D eigenvalue weighted by Gasteiger charge is -2.06. The van der Waals surface area contributed by atoms with Gasteiger partial charge >= 0.3 is 5.91 Å². The minimum atomic E-state index is -0.520. The molecule has 1 N–H and O–H groups in total. The summed E-state index contributed by atoms with van der Waals surface area (Å²) in [4.78, 5) is 20.7. The predicted molar refractivity (Wildman–Crippen MR) is 113 cm³/mol. The molecule has 0 aliphatic rings. The maximum Gasteiger partial charge on any atom is 0.309 e. The van der Waals surface area contributed by atoms with Crippen LogP contribution in [0.3, 0.4) is 0 Å². The Morgan fingerprint density at radius 1 is 1.03 bits per heavy atom. The van der Waals surface area contributed by atoms with Gasteiger partial charge in [0.2, 0.25) is 5.82 Å². The number of amides is 1. The van der Waals surface area contributed by atoms with Gasteiger partial charge < -0.3 is 14.2 Å². The largest absolute Gasteiger partial charge is 0.497 e. The van der Waals surface area contributed by atoms with Crippen molar-refractivity contribution in [1.29, 1.82) is 0 Å². The summed E-state index contributed by atoms with van der Waals surface area (Å²) in [6, 6.07) is 14.5. The molecule has 8 nitrogen and oxygen atoms in total. The third-order valence-corrected chi connectivity index (χ3v) is 4.07. The fourth-order valence-electron chi connectivity index (χ4n) is 2.64. The zero-order chi connectivity index (χ0) is 21.3. The molecule has 3 rings (SSSR count). The van der Waals surface area contributed by atoms with Gasteiger partial charge in [0.25, 0.3) is 0 Å². The van der Waals surface area contributed by atoms with E-state index in [9.17, 15) is 4.79 Å². The molecule has 0 spiro atoms. The molecule has 0 radical (unpaired) electrons. The third-order valence-electron chi connectivity index (χ3n) is 4.07. The first-order valence-electron chi connectivity index (χ1n) is 9.25. The van der Waals surface area contributed by atoms with Crippen molar-refractivity contribution < 1.29 is 19.0 Å². The molecule has 2 aromatic carbocycles. The van der Waals surface area contributed by atoms with Gasteiger partial charge in [-0.05, 0) is 49.4 Å². The summed E-state index contributed by atoms with van der Waals surface area (Å²) in [6.45, 7) is 2.52. The number of nitrogens with zero attached hydrogens (tertiary/aromatic N) is 3. The van der Waals surface area contributed by atoms with E-state index in [1.54, 1.807) is 38.5 Å². The van der Waals surface area contributed by atoms with Crippen molar-refractivity contribution in [2.75, 3.05) is 20.8 Å². The zero-order valence-electron chi connectivity index (χ0n) is 17.0. The highest BCUT2D eigenvalue weighted by atomic mass is 16.5. The Morgan fingerprint density at radius 3 is 2.37 bits per heavy atom. The standard InChI is InChI=1S/C22H22N4O4/c1-4-30-17-7-5-16(6-8-17)20-9-10-23-21(25-20)22(27)26-24-14-15-11-18(28-2)13-19(12-15)29-3/h5-14H,4H2,1-3H3,(H,26,27)/b24-14+. The van der Waals surface area contributed by atoms with Gasteiger partial charge in [0.05, 0.1) is 32.7 Å². The average molecular weight is 406 g/mol. The van der Waals surface area contributed by atoms with Crippen molar-refractivity contribution in [3.05, 3.63) is 66.1 Å². The number of rotatable bonds is 8. The Kier molecular flexibility index (Phi) is 6.94. The monoisotopic (exact) mass is 406 g/mol. The topological polar surface area (TPSA) is 94.9 Å². The highest BCUT2D eigenvalue weighted by Gasteiger charge is 2.10. The molecule has 0 aliphatic carbocycles. The molecule has 3 aromatic rings. The van der Waals surface area contributed by atoms with Crippen LogP contribution in [-0.4, -0.2) is 42.9 Å². The van der Waals surface area contributed by atoms with E-state index in [1.165, 1.54) is 12.4 Å². The fourth-order valence-corrected chi connectivity index (χ4v) is 2.64. The lowest BCUT2D eigenvalue weighted by Crippen LogP contribution is -2.20. The quantitative estimate of drug-likeness (QED) is 0.455. The van der Waals surface area contributed by atoms with Crippen molar-refractivity contribution in [3.63, 3.8) is 0 Å². The molecule has 30 heavy (non-hydrogen) atoms. The van der Waals surface area contributed by atoms with Crippen LogP contribution in [0, 0.1) is 0 Å². The van der Waals surface area contributed by atoms with Gasteiger partial charge in [-0.15, -0.1) is 0 Å². The molecular formula is C22H22N4O4. The van der Waals surface area contributed by atoms with Crippen molar-refractivity contribution in [2.45, 2.75) is 6.92 Å². The summed E-state index contributed by atoms with van der Waals surface area (Å²) in [6.07, 6.45) is 3.02. The summed E-state index contributed by atoms with van der Waals surface area (Å²) in [5.41, 5.74) is 4.61. The first kappa shape index (κ1) is 20.8. The van der Waals surface area contributed by atoms with Gasteiger partial charge in [0.15, 0.2) is 0 Å². The normalized spacial score (nSPS) is 10.6. The molecule has 0 aliphatic heterocycles. The summed E-state index contributed by atoms with van der Waals surface area (Å²) >= 11 is 0. The second kappa shape index (κ2) is 10.0. The van der Waals surface area contributed by atoms with Crippen LogP contribution in [0.25, 0.3) is 11.3 Å². The van der Waals surface area contributed by atoms with Crippen molar-refractivity contribution in [2.24, 2.45) is 5.10 Å².